The Hall–Kier alpha value is -1.54. The molecule has 2 aliphatic rings. The molecular weight excluding hydrogens is 365 g/mol. The molecule has 0 radical (unpaired) electrons. The molecule has 2 aliphatic carbocycles. The van der Waals surface area contributed by atoms with E-state index >= 15 is 0 Å². The van der Waals surface area contributed by atoms with E-state index in [2.05, 4.69) is 46.6 Å². The first-order valence-corrected chi connectivity index (χ1v) is 10.1. The zero-order chi connectivity index (χ0) is 18.1. The second-order valence-electron chi connectivity index (χ2n) is 7.56. The van der Waals surface area contributed by atoms with Crippen molar-refractivity contribution in [3.05, 3.63) is 52.8 Å². The van der Waals surface area contributed by atoms with Gasteiger partial charge in [0.25, 0.3) is 0 Å². The molecule has 0 N–H and O–H groups in total. The maximum Gasteiger partial charge on any atom is 0.151 e. The lowest BCUT2D eigenvalue weighted by Crippen LogP contribution is -2.14. The second-order valence-corrected chi connectivity index (χ2v) is 8.15. The number of benzene rings is 2. The van der Waals surface area contributed by atoms with Gasteiger partial charge in [0, 0.05) is 0 Å². The van der Waals surface area contributed by atoms with E-state index in [4.69, 9.17) is 11.6 Å². The van der Waals surface area contributed by atoms with Crippen LogP contribution in [0.25, 0.3) is 11.1 Å². The van der Waals surface area contributed by atoms with Gasteiger partial charge in [-0.25, -0.2) is 4.39 Å². The van der Waals surface area contributed by atoms with Crippen LogP contribution in [-0.2, 0) is 0 Å². The van der Waals surface area contributed by atoms with Crippen molar-refractivity contribution in [1.82, 2.24) is 0 Å². The Morgan fingerprint density at radius 3 is 2.08 bits per heavy atom. The molecule has 4 heteroatoms. The summed E-state index contributed by atoms with van der Waals surface area (Å²) in [7, 11) is 0. The molecule has 0 atom stereocenters. The standard InChI is InChI=1S/C22H21ClFNS/c23-20-11-19(12-21(24)22(20)25-13-26)18-9-7-17(8-10-18)16-5-3-15(4-6-16)14-1-2-14/h7-12,14-16H,1-6H2. The lowest BCUT2D eigenvalue weighted by Gasteiger charge is -2.29. The first-order chi connectivity index (χ1) is 12.7. The van der Waals surface area contributed by atoms with Crippen LogP contribution in [0, 0.1) is 17.7 Å². The monoisotopic (exact) mass is 385 g/mol. The molecule has 134 valence electrons. The number of hydrogen-bond donors (Lipinski definition) is 0. The Bertz CT molecular complexity index is 822. The first kappa shape index (κ1) is 17.9. The lowest BCUT2D eigenvalue weighted by atomic mass is 9.77. The van der Waals surface area contributed by atoms with Crippen molar-refractivity contribution in [3.8, 4) is 11.1 Å². The van der Waals surface area contributed by atoms with Gasteiger partial charge in [0.1, 0.15) is 5.69 Å². The highest BCUT2D eigenvalue weighted by Gasteiger charge is 2.34. The van der Waals surface area contributed by atoms with Crippen LogP contribution < -0.4 is 0 Å². The van der Waals surface area contributed by atoms with Gasteiger partial charge >= 0.3 is 0 Å². The zero-order valence-electron chi connectivity index (χ0n) is 14.6. The third-order valence-electron chi connectivity index (χ3n) is 5.95. The van der Waals surface area contributed by atoms with Crippen molar-refractivity contribution >= 4 is 34.7 Å². The fourth-order valence-electron chi connectivity index (χ4n) is 4.32. The van der Waals surface area contributed by atoms with Gasteiger partial charge in [-0.1, -0.05) is 35.9 Å². The zero-order valence-corrected chi connectivity index (χ0v) is 16.1. The van der Waals surface area contributed by atoms with Crippen molar-refractivity contribution < 1.29 is 4.39 Å². The maximum atomic E-state index is 14.2. The van der Waals surface area contributed by atoms with Gasteiger partial charge in [-0.05, 0) is 97.3 Å². The summed E-state index contributed by atoms with van der Waals surface area (Å²) in [6, 6.07) is 11.7. The normalized spacial score (nSPS) is 22.7. The summed E-state index contributed by atoms with van der Waals surface area (Å²) in [4.78, 5) is 3.70. The van der Waals surface area contributed by atoms with Gasteiger partial charge in [0.15, 0.2) is 5.82 Å². The van der Waals surface area contributed by atoms with Crippen LogP contribution in [0.5, 0.6) is 0 Å². The summed E-state index contributed by atoms with van der Waals surface area (Å²) in [6.45, 7) is 0. The third kappa shape index (κ3) is 3.76. The molecule has 0 aromatic heterocycles. The number of nitrogens with zero attached hydrogens (tertiary/aromatic N) is 1. The van der Waals surface area contributed by atoms with Crippen LogP contribution in [0.2, 0.25) is 5.02 Å². The summed E-state index contributed by atoms with van der Waals surface area (Å²) in [6.07, 6.45) is 8.26. The number of aliphatic imine (C=N–C) groups is 1. The number of halogens is 2. The quantitative estimate of drug-likeness (QED) is 0.390. The Morgan fingerprint density at radius 2 is 1.54 bits per heavy atom. The van der Waals surface area contributed by atoms with Crippen LogP contribution in [-0.4, -0.2) is 5.16 Å². The minimum atomic E-state index is -0.479. The van der Waals surface area contributed by atoms with Gasteiger partial charge < -0.3 is 0 Å². The highest BCUT2D eigenvalue weighted by Crippen LogP contribution is 2.47. The Kier molecular flexibility index (Phi) is 5.22. The van der Waals surface area contributed by atoms with Crippen LogP contribution in [0.1, 0.15) is 50.0 Å². The molecule has 0 spiro atoms. The number of thiocarbonyl (C=S) groups is 1. The molecule has 0 unspecified atom stereocenters. The molecule has 0 amide bonds. The summed E-state index contributed by atoms with van der Waals surface area (Å²) >= 11 is 10.7. The molecule has 2 aromatic rings. The predicted molar refractivity (Wildman–Crippen MR) is 109 cm³/mol. The predicted octanol–water partition coefficient (Wildman–Crippen LogP) is 7.56. The molecule has 0 heterocycles. The molecule has 0 saturated heterocycles. The van der Waals surface area contributed by atoms with E-state index in [1.807, 2.05) is 0 Å². The van der Waals surface area contributed by atoms with Crippen molar-refractivity contribution in [1.29, 1.82) is 0 Å². The van der Waals surface area contributed by atoms with Gasteiger partial charge in [0.05, 0.1) is 10.2 Å². The Balaban J connectivity index is 1.50. The average molecular weight is 386 g/mol. The number of hydrogen-bond acceptors (Lipinski definition) is 2. The van der Waals surface area contributed by atoms with Crippen molar-refractivity contribution in [2.75, 3.05) is 0 Å². The van der Waals surface area contributed by atoms with Crippen molar-refractivity contribution in [2.24, 2.45) is 16.8 Å². The number of rotatable bonds is 4. The summed E-state index contributed by atoms with van der Waals surface area (Å²) in [5.41, 5.74) is 3.16. The molecular formula is C22H21ClFNS. The highest BCUT2D eigenvalue weighted by molar-refractivity contribution is 7.78. The average Bonchev–Trinajstić information content (AvgIpc) is 3.50. The summed E-state index contributed by atoms with van der Waals surface area (Å²) < 4.78 is 14.2. The van der Waals surface area contributed by atoms with Gasteiger partial charge in [-0.2, -0.15) is 4.99 Å². The molecule has 0 aliphatic heterocycles. The van der Waals surface area contributed by atoms with Crippen molar-refractivity contribution in [3.63, 3.8) is 0 Å². The summed E-state index contributed by atoms with van der Waals surface area (Å²) in [5.74, 6) is 2.19. The van der Waals surface area contributed by atoms with Crippen molar-refractivity contribution in [2.45, 2.75) is 44.4 Å². The van der Waals surface area contributed by atoms with E-state index in [0.717, 1.165) is 23.0 Å². The smallest absolute Gasteiger partial charge is 0.151 e. The SMILES string of the molecule is Fc1cc(-c2ccc(C3CCC(C4CC4)CC3)cc2)cc(Cl)c1N=C=S. The largest absolute Gasteiger partial charge is 0.205 e. The molecule has 0 bridgehead atoms. The molecule has 1 nitrogen and oxygen atoms in total. The number of isothiocyanates is 1. The Morgan fingerprint density at radius 1 is 0.923 bits per heavy atom. The highest BCUT2D eigenvalue weighted by atomic mass is 35.5. The van der Waals surface area contributed by atoms with E-state index in [1.54, 1.807) is 6.07 Å². The van der Waals surface area contributed by atoms with Crippen LogP contribution >= 0.6 is 23.8 Å². The summed E-state index contributed by atoms with van der Waals surface area (Å²) in [5, 5.41) is 2.42. The van der Waals surface area contributed by atoms with Gasteiger partial charge in [-0.15, -0.1) is 0 Å². The van der Waals surface area contributed by atoms with Crippen LogP contribution in [0.15, 0.2) is 41.4 Å². The Labute approximate surface area is 164 Å². The van der Waals surface area contributed by atoms with E-state index in [9.17, 15) is 4.39 Å². The minimum absolute atomic E-state index is 0.0504. The van der Waals surface area contributed by atoms with Gasteiger partial charge in [-0.3, -0.25) is 0 Å². The molecule has 2 fully saturated rings. The van der Waals surface area contributed by atoms with E-state index in [1.165, 1.54) is 50.2 Å². The second kappa shape index (κ2) is 7.60. The molecule has 4 rings (SSSR count). The third-order valence-corrected chi connectivity index (χ3v) is 6.33. The first-order valence-electron chi connectivity index (χ1n) is 9.33. The van der Waals surface area contributed by atoms with Crippen LogP contribution in [0.3, 0.4) is 0 Å². The van der Waals surface area contributed by atoms with Gasteiger partial charge in [0.2, 0.25) is 0 Å². The van der Waals surface area contributed by atoms with E-state index in [-0.39, 0.29) is 10.7 Å². The topological polar surface area (TPSA) is 12.4 Å². The van der Waals surface area contributed by atoms with Crippen LogP contribution in [0.4, 0.5) is 10.1 Å². The molecule has 2 aromatic carbocycles. The fourth-order valence-corrected chi connectivity index (χ4v) is 4.67. The molecule has 26 heavy (non-hydrogen) atoms. The fraction of sp³-hybridized carbons (Fsp3) is 0.409. The maximum absolute atomic E-state index is 14.2. The molecule has 2 saturated carbocycles. The van der Waals surface area contributed by atoms with E-state index < -0.39 is 5.82 Å². The lowest BCUT2D eigenvalue weighted by molar-refractivity contribution is 0.296. The minimum Gasteiger partial charge on any atom is -0.205 e. The van der Waals surface area contributed by atoms with E-state index in [0.29, 0.717) is 5.92 Å².